The van der Waals surface area contributed by atoms with Crippen LogP contribution in [0.4, 0.5) is 0 Å². The van der Waals surface area contributed by atoms with Crippen LogP contribution in [0.5, 0.6) is 0 Å². The van der Waals surface area contributed by atoms with Crippen LogP contribution < -0.4 is 5.32 Å². The molecule has 6 heteroatoms. The molecule has 2 aliphatic carbocycles. The number of amides is 1. The first-order chi connectivity index (χ1) is 9.77. The summed E-state index contributed by atoms with van der Waals surface area (Å²) in [7, 11) is 0. The van der Waals surface area contributed by atoms with Crippen molar-refractivity contribution in [3.63, 3.8) is 0 Å². The Morgan fingerprint density at radius 3 is 2.60 bits per heavy atom. The highest BCUT2D eigenvalue weighted by molar-refractivity contribution is 5.81. The van der Waals surface area contributed by atoms with Crippen molar-refractivity contribution in [2.75, 3.05) is 13.2 Å². The third-order valence-corrected chi connectivity index (χ3v) is 4.45. The van der Waals surface area contributed by atoms with E-state index in [0.717, 1.165) is 31.5 Å². The lowest BCUT2D eigenvalue weighted by Crippen LogP contribution is -2.50. The molecule has 1 amide bonds. The van der Waals surface area contributed by atoms with Gasteiger partial charge in [-0.3, -0.25) is 4.79 Å². The highest BCUT2D eigenvalue weighted by Gasteiger charge is 2.44. The van der Waals surface area contributed by atoms with Crippen LogP contribution in [-0.2, 0) is 15.1 Å². The lowest BCUT2D eigenvalue weighted by atomic mass is 9.89. The highest BCUT2D eigenvalue weighted by Crippen LogP contribution is 2.40. The number of carbonyl (C=O) groups is 1. The summed E-state index contributed by atoms with van der Waals surface area (Å²) in [4.78, 5) is 16.7. The summed E-state index contributed by atoms with van der Waals surface area (Å²) >= 11 is 0. The smallest absolute Gasteiger partial charge is 0.252 e. The Kier molecular flexibility index (Phi) is 2.80. The standard InChI is InChI=1S/C14H19N3O3/c18-12(10-3-4-10)16-14(5-7-19-8-6-14)13-15-11(17-20-13)9-1-2-9/h9-10H,1-8H2,(H,16,18). The average Bonchev–Trinajstić information content (AvgIpc) is 3.38. The minimum Gasteiger partial charge on any atom is -0.381 e. The van der Waals surface area contributed by atoms with Crippen molar-refractivity contribution in [3.8, 4) is 0 Å². The Hall–Kier alpha value is -1.43. The summed E-state index contributed by atoms with van der Waals surface area (Å²) in [5.74, 6) is 2.13. The second-order valence-electron chi connectivity index (χ2n) is 6.19. The summed E-state index contributed by atoms with van der Waals surface area (Å²) < 4.78 is 10.9. The van der Waals surface area contributed by atoms with Gasteiger partial charge in [0.05, 0.1) is 0 Å². The van der Waals surface area contributed by atoms with Crippen molar-refractivity contribution in [2.24, 2.45) is 5.92 Å². The third kappa shape index (κ3) is 2.22. The van der Waals surface area contributed by atoms with Crippen LogP contribution in [0, 0.1) is 5.92 Å². The van der Waals surface area contributed by atoms with E-state index in [9.17, 15) is 4.79 Å². The van der Waals surface area contributed by atoms with Crippen LogP contribution in [0.1, 0.15) is 56.2 Å². The van der Waals surface area contributed by atoms with E-state index < -0.39 is 5.54 Å². The molecule has 4 rings (SSSR count). The van der Waals surface area contributed by atoms with Crippen molar-refractivity contribution in [1.82, 2.24) is 15.5 Å². The molecule has 1 aromatic heterocycles. The van der Waals surface area contributed by atoms with Crippen LogP contribution >= 0.6 is 0 Å². The van der Waals surface area contributed by atoms with Crippen molar-refractivity contribution in [3.05, 3.63) is 11.7 Å². The molecule has 1 aromatic rings. The van der Waals surface area contributed by atoms with E-state index in [1.807, 2.05) is 0 Å². The zero-order valence-corrected chi connectivity index (χ0v) is 11.4. The summed E-state index contributed by atoms with van der Waals surface area (Å²) in [6, 6.07) is 0. The van der Waals surface area contributed by atoms with Crippen LogP contribution in [0.25, 0.3) is 0 Å². The minimum absolute atomic E-state index is 0.123. The largest absolute Gasteiger partial charge is 0.381 e. The van der Waals surface area contributed by atoms with E-state index >= 15 is 0 Å². The summed E-state index contributed by atoms with van der Waals surface area (Å²) in [5, 5.41) is 7.26. The van der Waals surface area contributed by atoms with E-state index in [0.29, 0.717) is 37.9 Å². The molecule has 0 bridgehead atoms. The van der Waals surface area contributed by atoms with Gasteiger partial charge in [-0.05, 0) is 25.7 Å². The zero-order chi connectivity index (χ0) is 13.6. The SMILES string of the molecule is O=C(NC1(c2nc(C3CC3)no2)CCOCC1)C1CC1. The number of carbonyl (C=O) groups excluding carboxylic acids is 1. The van der Waals surface area contributed by atoms with E-state index in [1.54, 1.807) is 0 Å². The number of hydrogen-bond donors (Lipinski definition) is 1. The lowest BCUT2D eigenvalue weighted by molar-refractivity contribution is -0.126. The molecule has 0 unspecified atom stereocenters. The average molecular weight is 277 g/mol. The van der Waals surface area contributed by atoms with Gasteiger partial charge in [-0.1, -0.05) is 5.16 Å². The second kappa shape index (κ2) is 4.55. The molecule has 108 valence electrons. The van der Waals surface area contributed by atoms with Gasteiger partial charge in [0.25, 0.3) is 5.89 Å². The summed E-state index contributed by atoms with van der Waals surface area (Å²) in [6.45, 7) is 1.23. The molecule has 0 atom stereocenters. The number of ether oxygens (including phenoxy) is 1. The van der Waals surface area contributed by atoms with Crippen molar-refractivity contribution in [2.45, 2.75) is 50.0 Å². The first kappa shape index (κ1) is 12.3. The zero-order valence-electron chi connectivity index (χ0n) is 11.4. The fourth-order valence-corrected chi connectivity index (χ4v) is 2.73. The molecule has 0 spiro atoms. The van der Waals surface area contributed by atoms with E-state index in [4.69, 9.17) is 9.26 Å². The van der Waals surface area contributed by atoms with Gasteiger partial charge < -0.3 is 14.6 Å². The number of hydrogen-bond acceptors (Lipinski definition) is 5. The van der Waals surface area contributed by atoms with E-state index in [2.05, 4.69) is 15.5 Å². The Morgan fingerprint density at radius 2 is 1.95 bits per heavy atom. The Morgan fingerprint density at radius 1 is 1.20 bits per heavy atom. The monoisotopic (exact) mass is 277 g/mol. The predicted octanol–water partition coefficient (Wildman–Crippen LogP) is 1.48. The van der Waals surface area contributed by atoms with Crippen LogP contribution in [0.3, 0.4) is 0 Å². The van der Waals surface area contributed by atoms with E-state index in [-0.39, 0.29) is 11.8 Å². The number of nitrogens with zero attached hydrogens (tertiary/aromatic N) is 2. The highest BCUT2D eigenvalue weighted by atomic mass is 16.5. The molecule has 3 fully saturated rings. The van der Waals surface area contributed by atoms with Crippen LogP contribution in [-0.4, -0.2) is 29.3 Å². The normalized spacial score (nSPS) is 25.4. The molecule has 1 aliphatic heterocycles. The molecule has 1 N–H and O–H groups in total. The molecule has 20 heavy (non-hydrogen) atoms. The van der Waals surface area contributed by atoms with Gasteiger partial charge in [-0.2, -0.15) is 4.98 Å². The topological polar surface area (TPSA) is 77.3 Å². The van der Waals surface area contributed by atoms with Crippen molar-refractivity contribution < 1.29 is 14.1 Å². The van der Waals surface area contributed by atoms with Gasteiger partial charge in [0.1, 0.15) is 5.54 Å². The second-order valence-corrected chi connectivity index (χ2v) is 6.19. The van der Waals surface area contributed by atoms with Crippen LogP contribution in [0.15, 0.2) is 4.52 Å². The number of rotatable bonds is 4. The van der Waals surface area contributed by atoms with Crippen molar-refractivity contribution in [1.29, 1.82) is 0 Å². The van der Waals surface area contributed by atoms with Gasteiger partial charge in [0, 0.05) is 37.9 Å². The van der Waals surface area contributed by atoms with Crippen molar-refractivity contribution >= 4 is 5.91 Å². The first-order valence-electron chi connectivity index (χ1n) is 7.51. The van der Waals surface area contributed by atoms with Gasteiger partial charge in [-0.25, -0.2) is 0 Å². The Balaban J connectivity index is 1.59. The molecule has 1 saturated heterocycles. The maximum Gasteiger partial charge on any atom is 0.252 e. The van der Waals surface area contributed by atoms with Gasteiger partial charge in [-0.15, -0.1) is 0 Å². The number of aromatic nitrogens is 2. The Bertz CT molecular complexity index is 513. The summed E-state index contributed by atoms with van der Waals surface area (Å²) in [5.41, 5.74) is -0.516. The molecular weight excluding hydrogens is 258 g/mol. The maximum absolute atomic E-state index is 12.2. The summed E-state index contributed by atoms with van der Waals surface area (Å²) in [6.07, 6.45) is 5.69. The Labute approximate surface area is 117 Å². The van der Waals surface area contributed by atoms with E-state index in [1.165, 1.54) is 0 Å². The molecule has 0 aromatic carbocycles. The van der Waals surface area contributed by atoms with Gasteiger partial charge in [0.2, 0.25) is 5.91 Å². The third-order valence-electron chi connectivity index (χ3n) is 4.45. The molecule has 6 nitrogen and oxygen atoms in total. The van der Waals surface area contributed by atoms with Gasteiger partial charge >= 0.3 is 0 Å². The quantitative estimate of drug-likeness (QED) is 0.902. The molecule has 3 aliphatic rings. The predicted molar refractivity (Wildman–Crippen MR) is 68.9 cm³/mol. The fraction of sp³-hybridized carbons (Fsp3) is 0.786. The number of nitrogens with one attached hydrogen (secondary N) is 1. The lowest BCUT2D eigenvalue weighted by Gasteiger charge is -2.34. The van der Waals surface area contributed by atoms with Gasteiger partial charge in [0.15, 0.2) is 5.82 Å². The van der Waals surface area contributed by atoms with Crippen LogP contribution in [0.2, 0.25) is 0 Å². The molecular formula is C14H19N3O3. The molecule has 0 radical (unpaired) electrons. The fourth-order valence-electron chi connectivity index (χ4n) is 2.73. The minimum atomic E-state index is -0.516. The maximum atomic E-state index is 12.2. The molecule has 2 heterocycles. The first-order valence-corrected chi connectivity index (χ1v) is 7.51. The molecule has 2 saturated carbocycles.